The Morgan fingerprint density at radius 3 is 2.72 bits per heavy atom. The molecule has 2 aromatic rings. The van der Waals surface area contributed by atoms with E-state index in [9.17, 15) is 9.18 Å². The van der Waals surface area contributed by atoms with E-state index in [2.05, 4.69) is 27.8 Å². The van der Waals surface area contributed by atoms with Gasteiger partial charge in [-0.3, -0.25) is 9.69 Å². The lowest BCUT2D eigenvalue weighted by atomic mass is 9.88. The number of nitrogens with zero attached hydrogens (tertiary/aromatic N) is 3. The number of hydrogen-bond donors (Lipinski definition) is 0. The molecule has 4 rings (SSSR count). The molecule has 0 radical (unpaired) electrons. The van der Waals surface area contributed by atoms with Crippen LogP contribution in [0.2, 0.25) is 0 Å². The second kappa shape index (κ2) is 5.97. The molecule has 0 aliphatic carbocycles. The summed E-state index contributed by atoms with van der Waals surface area (Å²) in [5.74, 6) is -0.519. The van der Waals surface area contributed by atoms with Gasteiger partial charge in [0, 0.05) is 56.7 Å². The summed E-state index contributed by atoms with van der Waals surface area (Å²) >= 11 is 0. The first-order chi connectivity index (χ1) is 12.0. The maximum atomic E-state index is 14.6. The summed E-state index contributed by atoms with van der Waals surface area (Å²) in [5, 5.41) is 0. The number of hydrogen-bond acceptors (Lipinski definition) is 3. The van der Waals surface area contributed by atoms with Gasteiger partial charge in [-0.15, -0.1) is 0 Å². The van der Waals surface area contributed by atoms with Crippen molar-refractivity contribution in [3.05, 3.63) is 59.2 Å². The average Bonchev–Trinajstić information content (AvgIpc) is 3.03. The molecule has 2 aliphatic rings. The van der Waals surface area contributed by atoms with E-state index >= 15 is 0 Å². The fourth-order valence-electron chi connectivity index (χ4n) is 3.76. The molecule has 1 amide bonds. The highest BCUT2D eigenvalue weighted by atomic mass is 19.1. The van der Waals surface area contributed by atoms with Crippen molar-refractivity contribution in [1.29, 1.82) is 0 Å². The van der Waals surface area contributed by atoms with Crippen molar-refractivity contribution >= 4 is 5.91 Å². The second-order valence-corrected chi connectivity index (χ2v) is 7.04. The number of carbonyl (C=O) groups is 1. The van der Waals surface area contributed by atoms with Crippen molar-refractivity contribution in [3.8, 4) is 0 Å². The molecule has 5 nitrogen and oxygen atoms in total. The maximum Gasteiger partial charge on any atom is 0.253 e. The van der Waals surface area contributed by atoms with Crippen LogP contribution in [0.5, 0.6) is 0 Å². The number of halogens is 1. The molecule has 0 atom stereocenters. The molecule has 25 heavy (non-hydrogen) atoms. The van der Waals surface area contributed by atoms with Crippen LogP contribution in [0, 0.1) is 5.82 Å². The van der Waals surface area contributed by atoms with Gasteiger partial charge in [-0.1, -0.05) is 6.07 Å². The van der Waals surface area contributed by atoms with Crippen molar-refractivity contribution in [1.82, 2.24) is 14.4 Å². The Labute approximate surface area is 146 Å². The Kier molecular flexibility index (Phi) is 3.89. The van der Waals surface area contributed by atoms with Crippen molar-refractivity contribution in [3.63, 3.8) is 0 Å². The Morgan fingerprint density at radius 1 is 1.28 bits per heavy atom. The minimum Gasteiger partial charge on any atom is -0.377 e. The van der Waals surface area contributed by atoms with E-state index in [0.29, 0.717) is 30.9 Å². The number of rotatable bonds is 3. The van der Waals surface area contributed by atoms with E-state index < -0.39 is 0 Å². The summed E-state index contributed by atoms with van der Waals surface area (Å²) in [6, 6.07) is 8.96. The fraction of sp³-hybridized carbons (Fsp3) is 0.421. The minimum absolute atomic E-state index is 0.160. The predicted octanol–water partition coefficient (Wildman–Crippen LogP) is 2.07. The van der Waals surface area contributed by atoms with Crippen molar-refractivity contribution in [2.45, 2.75) is 18.6 Å². The molecule has 1 aromatic heterocycles. The summed E-state index contributed by atoms with van der Waals surface area (Å²) in [6.45, 7) is 3.52. The highest BCUT2D eigenvalue weighted by molar-refractivity contribution is 5.93. The summed E-state index contributed by atoms with van der Waals surface area (Å²) in [7, 11) is 3.33. The van der Waals surface area contributed by atoms with Crippen LogP contribution < -0.4 is 0 Å². The number of fused-ring (bicyclic) bond motifs is 2. The van der Waals surface area contributed by atoms with Gasteiger partial charge >= 0.3 is 0 Å². The van der Waals surface area contributed by atoms with Crippen LogP contribution in [0.25, 0.3) is 0 Å². The number of benzene rings is 1. The normalized spacial score (nSPS) is 18.7. The summed E-state index contributed by atoms with van der Waals surface area (Å²) in [4.78, 5) is 15.7. The van der Waals surface area contributed by atoms with E-state index in [4.69, 9.17) is 4.74 Å². The van der Waals surface area contributed by atoms with Crippen LogP contribution in [0.1, 0.15) is 21.6 Å². The van der Waals surface area contributed by atoms with Gasteiger partial charge in [-0.25, -0.2) is 4.39 Å². The van der Waals surface area contributed by atoms with E-state index in [1.54, 1.807) is 26.2 Å². The lowest BCUT2D eigenvalue weighted by molar-refractivity contribution is -0.162. The fourth-order valence-corrected chi connectivity index (χ4v) is 3.76. The summed E-state index contributed by atoms with van der Waals surface area (Å²) in [5.41, 5.74) is 2.07. The molecule has 0 unspecified atom stereocenters. The third kappa shape index (κ3) is 2.56. The van der Waals surface area contributed by atoms with E-state index in [1.165, 1.54) is 16.7 Å². The third-order valence-electron chi connectivity index (χ3n) is 5.27. The monoisotopic (exact) mass is 343 g/mol. The molecule has 6 heteroatoms. The van der Waals surface area contributed by atoms with Crippen LogP contribution in [-0.4, -0.2) is 54.1 Å². The third-order valence-corrected chi connectivity index (χ3v) is 5.27. The van der Waals surface area contributed by atoms with Crippen molar-refractivity contribution in [2.24, 2.45) is 0 Å². The molecule has 3 heterocycles. The van der Waals surface area contributed by atoms with Gasteiger partial charge < -0.3 is 14.2 Å². The molecule has 0 N–H and O–H groups in total. The zero-order valence-corrected chi connectivity index (χ0v) is 14.5. The van der Waals surface area contributed by atoms with E-state index in [1.807, 2.05) is 0 Å². The molecule has 1 fully saturated rings. The van der Waals surface area contributed by atoms with Gasteiger partial charge in [0.05, 0.1) is 13.2 Å². The van der Waals surface area contributed by atoms with Gasteiger partial charge in [-0.05, 0) is 24.3 Å². The maximum absolute atomic E-state index is 14.6. The molecule has 0 saturated carbocycles. The topological polar surface area (TPSA) is 37.7 Å². The van der Waals surface area contributed by atoms with Gasteiger partial charge in [0.2, 0.25) is 0 Å². The smallest absolute Gasteiger partial charge is 0.253 e. The van der Waals surface area contributed by atoms with Crippen molar-refractivity contribution in [2.75, 3.05) is 33.9 Å². The SMILES string of the molecule is CN(C)C(=O)c1ccc(CN2CCn3cccc3C23COC3)c(F)c1. The van der Waals surface area contributed by atoms with Crippen LogP contribution in [0.3, 0.4) is 0 Å². The Hall–Kier alpha value is -2.18. The lowest BCUT2D eigenvalue weighted by Crippen LogP contribution is -2.62. The number of carbonyl (C=O) groups excluding carboxylic acids is 1. The van der Waals surface area contributed by atoms with E-state index in [0.717, 1.165) is 13.1 Å². The molecule has 1 aromatic carbocycles. The standard InChI is InChI=1S/C19H22FN3O2/c1-21(2)18(24)14-5-6-15(16(20)10-14)11-23-9-8-22-7-3-4-17(22)19(23)12-25-13-19/h3-7,10H,8-9,11-13H2,1-2H3. The van der Waals surface area contributed by atoms with Crippen LogP contribution in [0.15, 0.2) is 36.5 Å². The van der Waals surface area contributed by atoms with Crippen LogP contribution >= 0.6 is 0 Å². The molecular formula is C19H22FN3O2. The predicted molar refractivity (Wildman–Crippen MR) is 91.8 cm³/mol. The van der Waals surface area contributed by atoms with Gasteiger partial charge in [0.25, 0.3) is 5.91 Å². The molecule has 1 saturated heterocycles. The van der Waals surface area contributed by atoms with Crippen LogP contribution in [0.4, 0.5) is 4.39 Å². The average molecular weight is 343 g/mol. The first-order valence-electron chi connectivity index (χ1n) is 8.50. The molecule has 2 aliphatic heterocycles. The first kappa shape index (κ1) is 16.3. The molecule has 0 bridgehead atoms. The minimum atomic E-state index is -0.330. The quantitative estimate of drug-likeness (QED) is 0.856. The summed E-state index contributed by atoms with van der Waals surface area (Å²) < 4.78 is 22.4. The van der Waals surface area contributed by atoms with Gasteiger partial charge in [0.1, 0.15) is 11.4 Å². The molecule has 1 spiro atoms. The van der Waals surface area contributed by atoms with Crippen LogP contribution in [-0.2, 0) is 23.4 Å². The van der Waals surface area contributed by atoms with E-state index in [-0.39, 0.29) is 17.3 Å². The van der Waals surface area contributed by atoms with Gasteiger partial charge in [0.15, 0.2) is 0 Å². The Bertz CT molecular complexity index is 811. The largest absolute Gasteiger partial charge is 0.377 e. The number of amides is 1. The number of ether oxygens (including phenoxy) is 1. The number of aromatic nitrogens is 1. The van der Waals surface area contributed by atoms with Crippen molar-refractivity contribution < 1.29 is 13.9 Å². The first-order valence-corrected chi connectivity index (χ1v) is 8.50. The lowest BCUT2D eigenvalue weighted by Gasteiger charge is -2.52. The highest BCUT2D eigenvalue weighted by Crippen LogP contribution is 2.40. The highest BCUT2D eigenvalue weighted by Gasteiger charge is 2.49. The zero-order chi connectivity index (χ0) is 17.6. The van der Waals surface area contributed by atoms with Gasteiger partial charge in [-0.2, -0.15) is 0 Å². The summed E-state index contributed by atoms with van der Waals surface area (Å²) in [6.07, 6.45) is 2.09. The molecular weight excluding hydrogens is 321 g/mol. The Balaban J connectivity index is 1.59. The molecule has 132 valence electrons. The second-order valence-electron chi connectivity index (χ2n) is 7.04. The Morgan fingerprint density at radius 2 is 2.08 bits per heavy atom. The zero-order valence-electron chi connectivity index (χ0n) is 14.5.